The fourth-order valence-corrected chi connectivity index (χ4v) is 5.27. The van der Waals surface area contributed by atoms with E-state index in [-0.39, 0.29) is 25.9 Å². The molecule has 1 aromatic heterocycles. The quantitative estimate of drug-likeness (QED) is 0.183. The number of hydrogen-bond acceptors (Lipinski definition) is 1. The molecule has 0 aliphatic heterocycles. The van der Waals surface area contributed by atoms with Gasteiger partial charge in [-0.25, -0.2) is 4.39 Å². The van der Waals surface area contributed by atoms with Crippen molar-refractivity contribution < 1.29 is 28.9 Å². The number of aromatic nitrogens is 1. The molecule has 0 spiro atoms. The van der Waals surface area contributed by atoms with Crippen molar-refractivity contribution in [3.63, 3.8) is 0 Å². The van der Waals surface area contributed by atoms with Gasteiger partial charge in [0, 0.05) is 31.5 Å². The van der Waals surface area contributed by atoms with Crippen LogP contribution < -0.4 is 0 Å². The van der Waals surface area contributed by atoms with Crippen LogP contribution in [0.5, 0.6) is 0 Å². The molecule has 0 saturated carbocycles. The van der Waals surface area contributed by atoms with Crippen LogP contribution in [-0.4, -0.2) is 4.98 Å². The van der Waals surface area contributed by atoms with Gasteiger partial charge in [-0.2, -0.15) is 12.1 Å². The van der Waals surface area contributed by atoms with Crippen LogP contribution in [-0.2, 0) is 32.2 Å². The van der Waals surface area contributed by atoms with Gasteiger partial charge in [-0.3, -0.25) is 9.37 Å². The first kappa shape index (κ1) is 23.3. The Morgan fingerprint density at radius 3 is 1.91 bits per heavy atom. The van der Waals surface area contributed by atoms with Gasteiger partial charge < -0.3 is 0 Å². The summed E-state index contributed by atoms with van der Waals surface area (Å²) in [5, 5.41) is 0. The molecule has 1 aliphatic carbocycles. The van der Waals surface area contributed by atoms with Crippen molar-refractivity contribution in [3.8, 4) is 22.3 Å². The van der Waals surface area contributed by atoms with E-state index in [1.807, 2.05) is 66.7 Å². The zero-order valence-electron chi connectivity index (χ0n) is 18.6. The molecule has 0 amide bonds. The van der Waals surface area contributed by atoms with Gasteiger partial charge in [-0.15, -0.1) is 17.7 Å². The Kier molecular flexibility index (Phi) is 6.19. The third kappa shape index (κ3) is 3.56. The summed E-state index contributed by atoms with van der Waals surface area (Å²) in [6.45, 7) is -0.690. The van der Waals surface area contributed by atoms with Gasteiger partial charge in [0.1, 0.15) is 6.67 Å². The third-order valence-electron chi connectivity index (χ3n) is 6.70. The van der Waals surface area contributed by atoms with Crippen molar-refractivity contribution in [3.05, 3.63) is 149 Å². The molecule has 4 aromatic carbocycles. The second-order valence-electron chi connectivity index (χ2n) is 8.45. The van der Waals surface area contributed by atoms with Crippen molar-refractivity contribution in [2.75, 3.05) is 0 Å². The Hall–Kier alpha value is -3.46. The summed E-state index contributed by atoms with van der Waals surface area (Å²) in [5.41, 5.74) is 6.95. The minimum absolute atomic E-state index is 0. The number of pyridine rings is 1. The molecule has 1 aliphatic rings. The first-order valence-electron chi connectivity index (χ1n) is 11.2. The van der Waals surface area contributed by atoms with Crippen LogP contribution in [0.2, 0.25) is 0 Å². The molecule has 0 unspecified atom stereocenters. The fraction of sp³-hybridized carbons (Fsp3) is 0.0645. The number of hydrogen-bond donors (Lipinski definition) is 0. The van der Waals surface area contributed by atoms with Crippen LogP contribution >= 0.6 is 0 Å². The van der Waals surface area contributed by atoms with Crippen LogP contribution in [0, 0.1) is 11.9 Å². The SMILES string of the molecule is FCc1nc(C2(c3[c-]cc(F)cc3)c3ccccc3-c3ccccc32)ccc1-c1ccccc1.[Ir]. The first-order valence-corrected chi connectivity index (χ1v) is 11.2. The second kappa shape index (κ2) is 9.30. The van der Waals surface area contributed by atoms with E-state index in [1.165, 1.54) is 12.1 Å². The van der Waals surface area contributed by atoms with Crippen LogP contribution in [0.3, 0.4) is 0 Å². The molecular weight excluding hydrogens is 617 g/mol. The van der Waals surface area contributed by atoms with Crippen LogP contribution in [0.15, 0.2) is 109 Å². The average Bonchev–Trinajstić information content (AvgIpc) is 3.21. The van der Waals surface area contributed by atoms with Crippen molar-refractivity contribution >= 4 is 0 Å². The van der Waals surface area contributed by atoms with Crippen molar-refractivity contribution in [2.24, 2.45) is 0 Å². The number of fused-ring (bicyclic) bond motifs is 3. The molecule has 1 nitrogen and oxygen atoms in total. The van der Waals surface area contributed by atoms with E-state index in [0.29, 0.717) is 11.4 Å². The summed E-state index contributed by atoms with van der Waals surface area (Å²) in [4.78, 5) is 4.93. The molecule has 0 fully saturated rings. The van der Waals surface area contributed by atoms with Crippen molar-refractivity contribution in [1.29, 1.82) is 0 Å². The van der Waals surface area contributed by atoms with Gasteiger partial charge in [0.05, 0.1) is 16.8 Å². The monoisotopic (exact) mass is 637 g/mol. The molecule has 6 rings (SSSR count). The topological polar surface area (TPSA) is 12.9 Å². The summed E-state index contributed by atoms with van der Waals surface area (Å²) in [6, 6.07) is 37.7. The molecule has 0 saturated heterocycles. The van der Waals surface area contributed by atoms with E-state index < -0.39 is 12.1 Å². The van der Waals surface area contributed by atoms with Crippen LogP contribution in [0.25, 0.3) is 22.3 Å². The van der Waals surface area contributed by atoms with E-state index in [2.05, 4.69) is 30.3 Å². The van der Waals surface area contributed by atoms with E-state index in [4.69, 9.17) is 4.98 Å². The van der Waals surface area contributed by atoms with E-state index in [0.717, 1.165) is 38.9 Å². The Morgan fingerprint density at radius 1 is 0.686 bits per heavy atom. The fourth-order valence-electron chi connectivity index (χ4n) is 5.27. The smallest absolute Gasteiger partial charge is 0.132 e. The standard InChI is InChI=1S/C31H20F2N.Ir/c32-20-29-24(21-8-2-1-3-9-21)18-19-30(34-29)31(22-14-16-23(33)17-15-22)27-12-6-4-10-25(27)26-11-5-7-13-28(26)31;/h1-14,16-19H,20H2;/q-1;. The van der Waals surface area contributed by atoms with Crippen LogP contribution in [0.4, 0.5) is 8.78 Å². The van der Waals surface area contributed by atoms with Gasteiger partial charge in [0.25, 0.3) is 0 Å². The molecule has 5 aromatic rings. The summed E-state index contributed by atoms with van der Waals surface area (Å²) in [5.74, 6) is -0.352. The normalized spacial score (nSPS) is 13.0. The average molecular weight is 637 g/mol. The maximum absolute atomic E-state index is 14.4. The van der Waals surface area contributed by atoms with Gasteiger partial charge in [0.15, 0.2) is 0 Å². The first-order chi connectivity index (χ1) is 16.7. The summed E-state index contributed by atoms with van der Waals surface area (Å²) >= 11 is 0. The molecule has 0 atom stereocenters. The van der Waals surface area contributed by atoms with E-state index in [9.17, 15) is 8.78 Å². The summed E-state index contributed by atoms with van der Waals surface area (Å²) in [7, 11) is 0. The Labute approximate surface area is 216 Å². The van der Waals surface area contributed by atoms with Crippen molar-refractivity contribution in [2.45, 2.75) is 12.1 Å². The maximum Gasteiger partial charge on any atom is 0.132 e. The van der Waals surface area contributed by atoms with Crippen LogP contribution in [0.1, 0.15) is 28.1 Å². The minimum atomic E-state index is -0.833. The Bertz CT molecular complexity index is 1450. The number of benzene rings is 4. The van der Waals surface area contributed by atoms with E-state index >= 15 is 0 Å². The Morgan fingerprint density at radius 2 is 1.31 bits per heavy atom. The van der Waals surface area contributed by atoms with Gasteiger partial charge in [-0.05, 0) is 33.9 Å². The zero-order valence-corrected chi connectivity index (χ0v) is 21.0. The second-order valence-corrected chi connectivity index (χ2v) is 8.45. The number of nitrogens with zero attached hydrogens (tertiary/aromatic N) is 1. The summed E-state index contributed by atoms with van der Waals surface area (Å²) < 4.78 is 28.3. The predicted octanol–water partition coefficient (Wildman–Crippen LogP) is 7.52. The molecule has 35 heavy (non-hydrogen) atoms. The maximum atomic E-state index is 14.4. The minimum Gasteiger partial charge on any atom is -0.284 e. The molecule has 1 radical (unpaired) electrons. The summed E-state index contributed by atoms with van der Waals surface area (Å²) in [6.07, 6.45) is 0. The van der Waals surface area contributed by atoms with Gasteiger partial charge >= 0.3 is 0 Å². The molecule has 4 heteroatoms. The van der Waals surface area contributed by atoms with E-state index in [1.54, 1.807) is 6.07 Å². The third-order valence-corrected chi connectivity index (χ3v) is 6.70. The number of rotatable bonds is 4. The van der Waals surface area contributed by atoms with Crippen molar-refractivity contribution in [1.82, 2.24) is 4.98 Å². The molecule has 0 bridgehead atoms. The molecule has 173 valence electrons. The molecular formula is C31H20F2IrN-. The largest absolute Gasteiger partial charge is 0.284 e. The van der Waals surface area contributed by atoms with Gasteiger partial charge in [0.2, 0.25) is 0 Å². The molecule has 0 N–H and O–H groups in total. The predicted molar refractivity (Wildman–Crippen MR) is 131 cm³/mol. The number of alkyl halides is 1. The Balaban J connectivity index is 0.00000253. The van der Waals surface area contributed by atoms with Gasteiger partial charge in [-0.1, -0.05) is 84.9 Å². The zero-order chi connectivity index (χ0) is 23.1. The number of halogens is 2. The molecule has 1 heterocycles.